The minimum absolute atomic E-state index is 0.112. The zero-order chi connectivity index (χ0) is 36.8. The van der Waals surface area contributed by atoms with Crippen LogP contribution in [0.25, 0.3) is 0 Å². The Hall–Kier alpha value is -4.42. The lowest BCUT2D eigenvalue weighted by Gasteiger charge is -2.30. The summed E-state index contributed by atoms with van der Waals surface area (Å²) in [5, 5.41) is 5.24. The molecule has 1 saturated heterocycles. The van der Waals surface area contributed by atoms with Crippen molar-refractivity contribution in [2.75, 3.05) is 31.7 Å². The van der Waals surface area contributed by atoms with Gasteiger partial charge in [0.1, 0.15) is 0 Å². The van der Waals surface area contributed by atoms with Crippen LogP contribution in [0.2, 0.25) is 0 Å². The molecule has 0 unspecified atom stereocenters. The number of anilines is 1. The van der Waals surface area contributed by atoms with E-state index in [1.807, 2.05) is 41.3 Å². The highest BCUT2D eigenvalue weighted by Crippen LogP contribution is 2.29. The Kier molecular flexibility index (Phi) is 15.8. The zero-order valence-electron chi connectivity index (χ0n) is 27.4. The van der Waals surface area contributed by atoms with Gasteiger partial charge in [-0.15, -0.1) is 12.8 Å². The number of benzodiazepines with no additional fused rings is 1. The third-order valence-corrected chi connectivity index (χ3v) is 7.78. The number of nitrogens with zero attached hydrogens (tertiary/aromatic N) is 3. The van der Waals surface area contributed by atoms with E-state index in [0.717, 1.165) is 19.8 Å². The molecule has 1 fully saturated rings. The van der Waals surface area contributed by atoms with E-state index in [2.05, 4.69) is 28.5 Å². The molecule has 4 rings (SSSR count). The summed E-state index contributed by atoms with van der Waals surface area (Å²) < 4.78 is 71.7. The van der Waals surface area contributed by atoms with Gasteiger partial charge >= 0.3 is 12.4 Å². The fourth-order valence-corrected chi connectivity index (χ4v) is 4.97. The Labute approximate surface area is 282 Å². The Morgan fingerprint density at radius 3 is 2.12 bits per heavy atom. The summed E-state index contributed by atoms with van der Waals surface area (Å²) in [6.07, 6.45) is -3.34. The highest BCUT2D eigenvalue weighted by molar-refractivity contribution is 6.20. The molecule has 9 nitrogen and oxygen atoms in total. The quantitative estimate of drug-likeness (QED) is 0.252. The molecule has 0 bridgehead atoms. The lowest BCUT2D eigenvalue weighted by Crippen LogP contribution is -2.49. The van der Waals surface area contributed by atoms with Gasteiger partial charge in [0.05, 0.1) is 18.1 Å². The third kappa shape index (κ3) is 13.5. The number of fused-ring (bicyclic) bond motifs is 1. The van der Waals surface area contributed by atoms with Crippen molar-refractivity contribution in [3.63, 3.8) is 0 Å². The van der Waals surface area contributed by atoms with Gasteiger partial charge in [-0.25, -0.2) is 4.99 Å². The summed E-state index contributed by atoms with van der Waals surface area (Å²) in [7, 11) is 1.55. The summed E-state index contributed by atoms with van der Waals surface area (Å²) in [4.78, 5) is 47.4. The third-order valence-electron chi connectivity index (χ3n) is 7.78. The van der Waals surface area contributed by atoms with Gasteiger partial charge in [0.15, 0.2) is 0 Å². The minimum atomic E-state index is -4.51. The first-order valence-electron chi connectivity index (χ1n) is 15.6. The van der Waals surface area contributed by atoms with Crippen molar-refractivity contribution in [2.45, 2.75) is 70.0 Å². The molecule has 4 N–H and O–H groups in total. The number of terminal acetylenes is 1. The molecular formula is C34H42F6N6O3. The van der Waals surface area contributed by atoms with Gasteiger partial charge in [-0.2, -0.15) is 26.3 Å². The van der Waals surface area contributed by atoms with E-state index in [4.69, 9.17) is 5.73 Å². The molecule has 268 valence electrons. The van der Waals surface area contributed by atoms with Crippen molar-refractivity contribution in [1.82, 2.24) is 15.5 Å². The number of halogens is 6. The van der Waals surface area contributed by atoms with Gasteiger partial charge in [-0.3, -0.25) is 19.3 Å². The number of aliphatic imine (C=N–C) groups is 1. The van der Waals surface area contributed by atoms with Gasteiger partial charge in [-0.1, -0.05) is 55.5 Å². The van der Waals surface area contributed by atoms with Gasteiger partial charge < -0.3 is 21.3 Å². The molecule has 2 aliphatic rings. The van der Waals surface area contributed by atoms with Gasteiger partial charge in [0.25, 0.3) is 5.91 Å². The highest BCUT2D eigenvalue weighted by atomic mass is 19.4. The van der Waals surface area contributed by atoms with Crippen LogP contribution >= 0.6 is 0 Å². The standard InChI is InChI=1S/C29H35F3N6O3.C3H5F3.C2H2/c1-37-23-10-6-5-9-22(23)25(19-7-3-2-4-8-19)35-26(28(37)41)36-27(40)20(11-14-29(30,31)32)17-24(39)34-18-38-15-12-21(33)13-16-38;1-2-3(4,5)6;1-2/h2-10,20-21,26H,11-18,33H2,1H3,(H,34,39)(H,36,40);2H2,1H3;1-2H/t20-,26-;;/m1../s1. The maximum atomic E-state index is 13.4. The molecule has 0 saturated carbocycles. The van der Waals surface area contributed by atoms with Crippen molar-refractivity contribution >= 4 is 29.1 Å². The van der Waals surface area contributed by atoms with Crippen molar-refractivity contribution in [1.29, 1.82) is 0 Å². The van der Waals surface area contributed by atoms with Gasteiger partial charge in [0, 0.05) is 62.5 Å². The lowest BCUT2D eigenvalue weighted by molar-refractivity contribution is -0.144. The van der Waals surface area contributed by atoms with Crippen LogP contribution in [0.3, 0.4) is 0 Å². The molecule has 2 aromatic carbocycles. The van der Waals surface area contributed by atoms with E-state index >= 15 is 0 Å². The van der Waals surface area contributed by atoms with E-state index in [-0.39, 0.29) is 12.7 Å². The number of nitrogens with one attached hydrogen (secondary N) is 2. The summed E-state index contributed by atoms with van der Waals surface area (Å²) >= 11 is 0. The van der Waals surface area contributed by atoms with Crippen molar-refractivity contribution in [3.8, 4) is 12.8 Å². The average Bonchev–Trinajstić information content (AvgIpc) is 3.17. The van der Waals surface area contributed by atoms with Crippen LogP contribution < -0.4 is 21.3 Å². The van der Waals surface area contributed by atoms with Crippen molar-refractivity contribution in [3.05, 3.63) is 65.7 Å². The largest absolute Gasteiger partial charge is 0.389 e. The van der Waals surface area contributed by atoms with Crippen LogP contribution in [0.5, 0.6) is 0 Å². The molecule has 49 heavy (non-hydrogen) atoms. The van der Waals surface area contributed by atoms with Crippen LogP contribution in [0.1, 0.15) is 56.6 Å². The number of rotatable bonds is 9. The number of para-hydroxylation sites is 1. The number of alkyl halides is 6. The van der Waals surface area contributed by atoms with E-state index in [1.54, 1.807) is 25.2 Å². The van der Waals surface area contributed by atoms with E-state index in [9.17, 15) is 40.7 Å². The van der Waals surface area contributed by atoms with Crippen LogP contribution in [-0.2, 0) is 14.4 Å². The van der Waals surface area contributed by atoms with Crippen LogP contribution in [-0.4, -0.2) is 79.7 Å². The van der Waals surface area contributed by atoms with Crippen LogP contribution in [0, 0.1) is 18.8 Å². The number of likely N-dealkylation sites (N-methyl/N-ethyl adjacent to an activating group) is 1. The van der Waals surface area contributed by atoms with Gasteiger partial charge in [-0.05, 0) is 25.3 Å². The number of likely N-dealkylation sites (tertiary alicyclic amines) is 1. The van der Waals surface area contributed by atoms with Crippen LogP contribution in [0.15, 0.2) is 59.6 Å². The Morgan fingerprint density at radius 1 is 0.980 bits per heavy atom. The Bertz CT molecular complexity index is 1420. The number of nitrogens with two attached hydrogens (primary N) is 1. The van der Waals surface area contributed by atoms with E-state index in [0.29, 0.717) is 35.6 Å². The monoisotopic (exact) mass is 696 g/mol. The Balaban J connectivity index is 0.000000940. The molecular weight excluding hydrogens is 654 g/mol. The second-order valence-corrected chi connectivity index (χ2v) is 11.4. The summed E-state index contributed by atoms with van der Waals surface area (Å²) in [5.74, 6) is -3.26. The van der Waals surface area contributed by atoms with E-state index in [1.165, 1.54) is 4.90 Å². The summed E-state index contributed by atoms with van der Waals surface area (Å²) in [5.41, 5.74) is 8.30. The number of carbonyl (C=O) groups is 3. The second-order valence-electron chi connectivity index (χ2n) is 11.4. The summed E-state index contributed by atoms with van der Waals surface area (Å²) in [6.45, 7) is 2.69. The smallest absolute Gasteiger partial charge is 0.343 e. The van der Waals surface area contributed by atoms with Gasteiger partial charge in [0.2, 0.25) is 18.0 Å². The number of benzene rings is 2. The topological polar surface area (TPSA) is 120 Å². The number of carbonyl (C=O) groups excluding carboxylic acids is 3. The second kappa shape index (κ2) is 18.9. The minimum Gasteiger partial charge on any atom is -0.343 e. The normalized spacial score (nSPS) is 17.5. The van der Waals surface area contributed by atoms with Crippen molar-refractivity contribution in [2.24, 2.45) is 16.6 Å². The number of hydrogen-bond acceptors (Lipinski definition) is 6. The van der Waals surface area contributed by atoms with Crippen molar-refractivity contribution < 1.29 is 40.7 Å². The molecule has 0 aliphatic carbocycles. The fourth-order valence-electron chi connectivity index (χ4n) is 4.97. The zero-order valence-corrected chi connectivity index (χ0v) is 27.4. The molecule has 0 radical (unpaired) electrons. The predicted octanol–water partition coefficient (Wildman–Crippen LogP) is 5.00. The first-order chi connectivity index (χ1) is 23.1. The molecule has 2 aliphatic heterocycles. The van der Waals surface area contributed by atoms with Crippen LogP contribution in [0.4, 0.5) is 32.0 Å². The molecule has 0 aromatic heterocycles. The highest BCUT2D eigenvalue weighted by Gasteiger charge is 2.35. The molecule has 2 aromatic rings. The molecule has 0 spiro atoms. The summed E-state index contributed by atoms with van der Waals surface area (Å²) in [6, 6.07) is 16.3. The first kappa shape index (κ1) is 40.8. The number of amides is 3. The number of piperidine rings is 1. The average molecular weight is 697 g/mol. The maximum absolute atomic E-state index is 13.4. The first-order valence-corrected chi connectivity index (χ1v) is 15.6. The van der Waals surface area contributed by atoms with E-state index < -0.39 is 67.8 Å². The Morgan fingerprint density at radius 2 is 1.55 bits per heavy atom. The molecule has 15 heteroatoms. The SMILES string of the molecule is C#C.CCC(F)(F)F.CN1C(=O)[C@@H](NC(=O)[C@H](CCC(F)(F)F)CC(=O)NCN2CCC(N)CC2)N=C(c2ccccc2)c2ccccc21. The predicted molar refractivity (Wildman–Crippen MR) is 175 cm³/mol. The number of hydrogen-bond donors (Lipinski definition) is 3. The molecule has 2 atom stereocenters. The molecule has 3 amide bonds. The maximum Gasteiger partial charge on any atom is 0.389 e. The fraction of sp³-hybridized carbons (Fsp3) is 0.471. The molecule has 2 heterocycles. The lowest BCUT2D eigenvalue weighted by atomic mass is 9.97.